The Morgan fingerprint density at radius 1 is 0.938 bits per heavy atom. The fourth-order valence-electron chi connectivity index (χ4n) is 4.42. The van der Waals surface area contributed by atoms with Crippen molar-refractivity contribution < 1.29 is 9.90 Å². The maximum absolute atomic E-state index is 13.0. The van der Waals surface area contributed by atoms with Crippen molar-refractivity contribution >= 4 is 17.4 Å². The molecule has 1 amide bonds. The number of nitrogens with zero attached hydrogens (tertiary/aromatic N) is 7. The molecule has 0 unspecified atom stereocenters. The number of carbonyl (C=O) groups is 1. The van der Waals surface area contributed by atoms with Gasteiger partial charge in [-0.3, -0.25) is 4.79 Å². The Morgan fingerprint density at radius 2 is 1.62 bits per heavy atom. The Bertz CT molecular complexity index is 1110. The van der Waals surface area contributed by atoms with Crippen molar-refractivity contribution in [2.24, 2.45) is 5.92 Å². The maximum Gasteiger partial charge on any atom is 0.229 e. The highest BCUT2D eigenvalue weighted by atomic mass is 16.3. The van der Waals surface area contributed by atoms with Gasteiger partial charge in [-0.05, 0) is 44.2 Å². The normalized spacial score (nSPS) is 16.9. The minimum Gasteiger partial charge on any atom is -0.508 e. The van der Waals surface area contributed by atoms with Crippen LogP contribution in [0, 0.1) is 19.8 Å². The molecule has 0 bridgehead atoms. The summed E-state index contributed by atoms with van der Waals surface area (Å²) in [4.78, 5) is 28.1. The van der Waals surface area contributed by atoms with E-state index in [0.717, 1.165) is 41.8 Å². The van der Waals surface area contributed by atoms with E-state index < -0.39 is 0 Å². The van der Waals surface area contributed by atoms with Crippen LogP contribution < -0.4 is 9.80 Å². The van der Waals surface area contributed by atoms with Crippen molar-refractivity contribution in [3.8, 4) is 11.6 Å². The van der Waals surface area contributed by atoms with Crippen molar-refractivity contribution in [2.75, 3.05) is 49.1 Å². The number of piperazine rings is 1. The molecule has 0 spiro atoms. The Morgan fingerprint density at radius 3 is 2.28 bits per heavy atom. The molecule has 2 aliphatic heterocycles. The van der Waals surface area contributed by atoms with Gasteiger partial charge in [-0.2, -0.15) is 5.10 Å². The maximum atomic E-state index is 13.0. The molecule has 0 radical (unpaired) electrons. The molecule has 166 valence electrons. The van der Waals surface area contributed by atoms with Crippen LogP contribution in [0.3, 0.4) is 0 Å². The zero-order valence-electron chi connectivity index (χ0n) is 18.3. The van der Waals surface area contributed by atoms with Gasteiger partial charge < -0.3 is 19.8 Å². The number of aromatic nitrogens is 4. The van der Waals surface area contributed by atoms with Crippen LogP contribution in [0.25, 0.3) is 5.82 Å². The molecule has 0 atom stereocenters. The average Bonchev–Trinajstić information content (AvgIpc) is 3.11. The molecule has 9 heteroatoms. The van der Waals surface area contributed by atoms with E-state index >= 15 is 0 Å². The van der Waals surface area contributed by atoms with Crippen LogP contribution in [-0.2, 0) is 4.79 Å². The lowest BCUT2D eigenvalue weighted by molar-refractivity contribution is -0.136. The number of amides is 1. The summed E-state index contributed by atoms with van der Waals surface area (Å²) < 4.78 is 1.82. The molecule has 4 heterocycles. The van der Waals surface area contributed by atoms with E-state index in [-0.39, 0.29) is 17.6 Å². The number of aryl methyl sites for hydroxylation is 2. The van der Waals surface area contributed by atoms with Crippen LogP contribution >= 0.6 is 0 Å². The predicted octanol–water partition coefficient (Wildman–Crippen LogP) is 1.77. The van der Waals surface area contributed by atoms with Gasteiger partial charge in [0.25, 0.3) is 0 Å². The van der Waals surface area contributed by atoms with Gasteiger partial charge in [-0.1, -0.05) is 0 Å². The van der Waals surface area contributed by atoms with Gasteiger partial charge in [0, 0.05) is 56.7 Å². The van der Waals surface area contributed by atoms with Gasteiger partial charge in [0.2, 0.25) is 5.91 Å². The molecule has 2 fully saturated rings. The highest BCUT2D eigenvalue weighted by Gasteiger charge is 2.37. The first-order chi connectivity index (χ1) is 15.5. The van der Waals surface area contributed by atoms with E-state index in [4.69, 9.17) is 0 Å². The van der Waals surface area contributed by atoms with E-state index in [1.807, 2.05) is 47.7 Å². The topological polar surface area (TPSA) is 90.6 Å². The Hall–Kier alpha value is -3.62. The average molecular weight is 434 g/mol. The second-order valence-electron chi connectivity index (χ2n) is 8.50. The number of anilines is 2. The SMILES string of the molecule is Cc1cc(C)n(-c2cc(N3CC(C(=O)N4CCN(c5ccc(O)cc5)CC4)C3)ncn2)n1. The van der Waals surface area contributed by atoms with Gasteiger partial charge in [-0.15, -0.1) is 0 Å². The van der Waals surface area contributed by atoms with Crippen molar-refractivity contribution in [3.63, 3.8) is 0 Å². The molecule has 1 N–H and O–H groups in total. The van der Waals surface area contributed by atoms with E-state index in [0.29, 0.717) is 26.2 Å². The number of benzene rings is 1. The van der Waals surface area contributed by atoms with Crippen LogP contribution in [0.15, 0.2) is 42.7 Å². The van der Waals surface area contributed by atoms with Gasteiger partial charge in [-0.25, -0.2) is 14.6 Å². The summed E-state index contributed by atoms with van der Waals surface area (Å²) in [5, 5.41) is 14.0. The van der Waals surface area contributed by atoms with E-state index in [1.54, 1.807) is 18.5 Å². The number of phenols is 1. The molecule has 9 nitrogen and oxygen atoms in total. The first kappa shape index (κ1) is 20.3. The fourth-order valence-corrected chi connectivity index (χ4v) is 4.42. The standard InChI is InChI=1S/C23H27N7O2/c1-16-11-17(2)30(26-16)22-12-21(24-15-25-22)29-13-18(14-29)23(32)28-9-7-27(8-10-28)19-3-5-20(31)6-4-19/h3-6,11-12,15,18,31H,7-10,13-14H2,1-2H3. The van der Waals surface area contributed by atoms with Gasteiger partial charge in [0.1, 0.15) is 17.9 Å². The molecule has 1 aromatic carbocycles. The quantitative estimate of drug-likeness (QED) is 0.671. The van der Waals surface area contributed by atoms with E-state index in [9.17, 15) is 9.90 Å². The number of hydrogen-bond donors (Lipinski definition) is 1. The van der Waals surface area contributed by atoms with Gasteiger partial charge >= 0.3 is 0 Å². The van der Waals surface area contributed by atoms with Crippen LogP contribution in [-0.4, -0.2) is 74.9 Å². The monoisotopic (exact) mass is 433 g/mol. The van der Waals surface area contributed by atoms with Gasteiger partial charge in [0.15, 0.2) is 5.82 Å². The zero-order valence-corrected chi connectivity index (χ0v) is 18.3. The summed E-state index contributed by atoms with van der Waals surface area (Å²) >= 11 is 0. The lowest BCUT2D eigenvalue weighted by atomic mass is 9.98. The van der Waals surface area contributed by atoms with E-state index in [1.165, 1.54) is 0 Å². The summed E-state index contributed by atoms with van der Waals surface area (Å²) in [7, 11) is 0. The van der Waals surface area contributed by atoms with Crippen molar-refractivity contribution in [3.05, 3.63) is 54.1 Å². The molecule has 0 aliphatic carbocycles. The number of carbonyl (C=O) groups excluding carboxylic acids is 1. The highest BCUT2D eigenvalue weighted by molar-refractivity contribution is 5.82. The van der Waals surface area contributed by atoms with Crippen LogP contribution in [0.4, 0.5) is 11.5 Å². The zero-order chi connectivity index (χ0) is 22.2. The second kappa shape index (κ2) is 8.14. The third-order valence-corrected chi connectivity index (χ3v) is 6.23. The third-order valence-electron chi connectivity index (χ3n) is 6.23. The highest BCUT2D eigenvalue weighted by Crippen LogP contribution is 2.26. The number of rotatable bonds is 4. The summed E-state index contributed by atoms with van der Waals surface area (Å²) in [5.41, 5.74) is 3.05. The summed E-state index contributed by atoms with van der Waals surface area (Å²) in [6.45, 7) is 8.33. The predicted molar refractivity (Wildman–Crippen MR) is 121 cm³/mol. The number of phenolic OH excluding ortho intramolecular Hbond substituents is 1. The Kier molecular flexibility index (Phi) is 5.16. The Labute approximate surface area is 186 Å². The van der Waals surface area contributed by atoms with Crippen LogP contribution in [0.1, 0.15) is 11.4 Å². The molecule has 2 aromatic heterocycles. The van der Waals surface area contributed by atoms with Crippen LogP contribution in [0.5, 0.6) is 5.75 Å². The molecular weight excluding hydrogens is 406 g/mol. The molecule has 32 heavy (non-hydrogen) atoms. The Balaban J connectivity index is 1.17. The lowest BCUT2D eigenvalue weighted by Gasteiger charge is -2.43. The number of hydrogen-bond acceptors (Lipinski definition) is 7. The van der Waals surface area contributed by atoms with Crippen molar-refractivity contribution in [2.45, 2.75) is 13.8 Å². The summed E-state index contributed by atoms with van der Waals surface area (Å²) in [5.74, 6) is 2.05. The van der Waals surface area contributed by atoms with Crippen LogP contribution in [0.2, 0.25) is 0 Å². The summed E-state index contributed by atoms with van der Waals surface area (Å²) in [6.07, 6.45) is 1.55. The molecular formula is C23H27N7O2. The molecule has 0 saturated carbocycles. The molecule has 3 aromatic rings. The lowest BCUT2D eigenvalue weighted by Crippen LogP contribution is -2.58. The number of aromatic hydroxyl groups is 1. The van der Waals surface area contributed by atoms with Gasteiger partial charge in [0.05, 0.1) is 11.6 Å². The van der Waals surface area contributed by atoms with E-state index in [2.05, 4.69) is 24.9 Å². The minimum absolute atomic E-state index is 0.00215. The first-order valence-corrected chi connectivity index (χ1v) is 10.9. The van der Waals surface area contributed by atoms with Crippen molar-refractivity contribution in [1.29, 1.82) is 0 Å². The molecule has 5 rings (SSSR count). The third kappa shape index (κ3) is 3.86. The molecule has 2 aliphatic rings. The first-order valence-electron chi connectivity index (χ1n) is 10.9. The minimum atomic E-state index is 0.00215. The summed E-state index contributed by atoms with van der Waals surface area (Å²) in [6, 6.07) is 11.2. The van der Waals surface area contributed by atoms with Crippen molar-refractivity contribution in [1.82, 2.24) is 24.6 Å². The fraction of sp³-hybridized carbons (Fsp3) is 0.391. The second-order valence-corrected chi connectivity index (χ2v) is 8.50. The smallest absolute Gasteiger partial charge is 0.229 e. The molecule has 2 saturated heterocycles. The largest absolute Gasteiger partial charge is 0.508 e.